The van der Waals surface area contributed by atoms with Crippen LogP contribution in [0.5, 0.6) is 0 Å². The van der Waals surface area contributed by atoms with Crippen molar-refractivity contribution in [3.8, 4) is 0 Å². The van der Waals surface area contributed by atoms with Crippen LogP contribution in [-0.2, 0) is 14.3 Å². The molecule has 0 radical (unpaired) electrons. The molecule has 1 rings (SSSR count). The number of aliphatic hydroxyl groups is 5. The molecule has 1 amide bonds. The molecule has 1 aliphatic heterocycles. The Kier molecular flexibility index (Phi) is 5.61. The fourth-order valence-corrected chi connectivity index (χ4v) is 2.14. The molecule has 0 saturated carbocycles. The average molecular weight is 309 g/mol. The summed E-state index contributed by atoms with van der Waals surface area (Å²) in [6.07, 6.45) is -7.48. The van der Waals surface area contributed by atoms with E-state index in [1.54, 1.807) is 0 Å². The fourth-order valence-electron chi connectivity index (χ4n) is 2.14. The van der Waals surface area contributed by atoms with Crippen LogP contribution in [0.4, 0.5) is 0 Å². The maximum Gasteiger partial charge on any atom is 0.364 e. The van der Waals surface area contributed by atoms with E-state index < -0.39 is 61.1 Å². The number of hydrogen-bond acceptors (Lipinski definition) is 8. The normalized spacial score (nSPS) is 35.8. The number of carbonyl (C=O) groups is 2. The third-order valence-corrected chi connectivity index (χ3v) is 3.21. The summed E-state index contributed by atoms with van der Waals surface area (Å²) >= 11 is 0. The van der Waals surface area contributed by atoms with Gasteiger partial charge in [-0.2, -0.15) is 0 Å². The highest BCUT2D eigenvalue weighted by atomic mass is 16.7. The van der Waals surface area contributed by atoms with Crippen molar-refractivity contribution in [2.75, 3.05) is 6.61 Å². The van der Waals surface area contributed by atoms with Gasteiger partial charge in [-0.05, 0) is 0 Å². The molecule has 122 valence electrons. The molecule has 0 aliphatic carbocycles. The van der Waals surface area contributed by atoms with Crippen LogP contribution in [-0.4, -0.2) is 85.4 Å². The number of nitrogens with one attached hydrogen (secondary N) is 1. The summed E-state index contributed by atoms with van der Waals surface area (Å²) in [5.74, 6) is -5.17. The lowest BCUT2D eigenvalue weighted by atomic mass is 9.88. The molecule has 0 aromatic heterocycles. The number of rotatable bonds is 5. The van der Waals surface area contributed by atoms with Crippen LogP contribution in [0.25, 0.3) is 0 Å². The predicted molar refractivity (Wildman–Crippen MR) is 64.8 cm³/mol. The van der Waals surface area contributed by atoms with Gasteiger partial charge >= 0.3 is 5.97 Å². The first-order chi connectivity index (χ1) is 9.62. The first-order valence-electron chi connectivity index (χ1n) is 6.18. The number of hydrogen-bond donors (Lipinski definition) is 7. The topological polar surface area (TPSA) is 177 Å². The summed E-state index contributed by atoms with van der Waals surface area (Å²) in [5.41, 5.74) is 0. The van der Waals surface area contributed by atoms with Crippen LogP contribution < -0.4 is 5.32 Å². The second kappa shape index (κ2) is 6.64. The van der Waals surface area contributed by atoms with Gasteiger partial charge in [0.15, 0.2) is 0 Å². The van der Waals surface area contributed by atoms with E-state index in [2.05, 4.69) is 5.32 Å². The number of aliphatic carboxylic acids is 1. The van der Waals surface area contributed by atoms with Gasteiger partial charge in [0.05, 0.1) is 18.8 Å². The third-order valence-electron chi connectivity index (χ3n) is 3.21. The Balaban J connectivity index is 3.07. The molecule has 1 heterocycles. The number of aliphatic hydroxyl groups excluding tert-OH is 4. The van der Waals surface area contributed by atoms with Gasteiger partial charge in [-0.15, -0.1) is 0 Å². The van der Waals surface area contributed by atoms with Gasteiger partial charge < -0.3 is 40.7 Å². The summed E-state index contributed by atoms with van der Waals surface area (Å²) in [7, 11) is 0. The maximum absolute atomic E-state index is 11.1. The van der Waals surface area contributed by atoms with Gasteiger partial charge in [0.2, 0.25) is 5.91 Å². The number of carbonyl (C=O) groups excluding carboxylic acids is 1. The number of amides is 1. The van der Waals surface area contributed by atoms with Gasteiger partial charge in [0, 0.05) is 13.3 Å². The average Bonchev–Trinajstić information content (AvgIpc) is 2.39. The largest absolute Gasteiger partial charge is 0.477 e. The van der Waals surface area contributed by atoms with Crippen molar-refractivity contribution < 1.29 is 45.0 Å². The molecular weight excluding hydrogens is 290 g/mol. The van der Waals surface area contributed by atoms with Crippen molar-refractivity contribution in [3.63, 3.8) is 0 Å². The Hall–Kier alpha value is -1.30. The van der Waals surface area contributed by atoms with Crippen molar-refractivity contribution in [2.45, 2.75) is 49.6 Å². The van der Waals surface area contributed by atoms with Gasteiger partial charge in [-0.25, -0.2) is 4.79 Å². The molecule has 10 heteroatoms. The van der Waals surface area contributed by atoms with Crippen LogP contribution in [0.2, 0.25) is 0 Å². The second-order valence-electron chi connectivity index (χ2n) is 4.91. The van der Waals surface area contributed by atoms with Crippen molar-refractivity contribution in [2.24, 2.45) is 0 Å². The Morgan fingerprint density at radius 2 is 2.00 bits per heavy atom. The zero-order valence-corrected chi connectivity index (χ0v) is 11.2. The molecule has 10 nitrogen and oxygen atoms in total. The molecule has 1 unspecified atom stereocenters. The quantitative estimate of drug-likeness (QED) is 0.268. The van der Waals surface area contributed by atoms with E-state index in [1.165, 1.54) is 0 Å². The van der Waals surface area contributed by atoms with Gasteiger partial charge in [0.1, 0.15) is 18.3 Å². The summed E-state index contributed by atoms with van der Waals surface area (Å²) < 4.78 is 4.86. The summed E-state index contributed by atoms with van der Waals surface area (Å²) in [6, 6.07) is -1.27. The number of carboxylic acid groups (broad SMARTS) is 1. The monoisotopic (exact) mass is 309 g/mol. The second-order valence-corrected chi connectivity index (χ2v) is 4.91. The van der Waals surface area contributed by atoms with E-state index >= 15 is 0 Å². The molecule has 21 heavy (non-hydrogen) atoms. The molecule has 0 bridgehead atoms. The minimum Gasteiger partial charge on any atom is -0.477 e. The highest BCUT2D eigenvalue weighted by Gasteiger charge is 2.53. The van der Waals surface area contributed by atoms with Gasteiger partial charge in [-0.3, -0.25) is 4.79 Å². The summed E-state index contributed by atoms with van der Waals surface area (Å²) in [6.45, 7) is 0.256. The number of ether oxygens (including phenoxy) is 1. The first kappa shape index (κ1) is 17.8. The standard InChI is InChI=1S/C11H19NO9/c1-4(14)12-7-5(15)2-11(20,10(18)19)21-9(7)8(17)6(16)3-13/h5-9,13,15-17,20H,2-3H2,1H3,(H,12,14)(H,18,19)/t5-,6+,7+,8+,9+,11?/m1/s1. The Bertz CT molecular complexity index is 403. The van der Waals surface area contributed by atoms with Crippen LogP contribution in [0.15, 0.2) is 0 Å². The van der Waals surface area contributed by atoms with Crippen LogP contribution in [0, 0.1) is 0 Å². The maximum atomic E-state index is 11.1. The molecule has 6 atom stereocenters. The Morgan fingerprint density at radius 3 is 2.43 bits per heavy atom. The van der Waals surface area contributed by atoms with E-state index in [0.717, 1.165) is 6.92 Å². The highest BCUT2D eigenvalue weighted by molar-refractivity contribution is 5.76. The fraction of sp³-hybridized carbons (Fsp3) is 0.818. The molecule has 1 fully saturated rings. The lowest BCUT2D eigenvalue weighted by molar-refractivity contribution is -0.295. The lowest BCUT2D eigenvalue weighted by Gasteiger charge is -2.44. The van der Waals surface area contributed by atoms with Crippen molar-refractivity contribution >= 4 is 11.9 Å². The predicted octanol–water partition coefficient (Wildman–Crippen LogP) is -3.87. The molecule has 0 spiro atoms. The molecule has 0 aromatic rings. The van der Waals surface area contributed by atoms with E-state index in [9.17, 15) is 30.0 Å². The highest BCUT2D eigenvalue weighted by Crippen LogP contribution is 2.30. The van der Waals surface area contributed by atoms with E-state index in [0.29, 0.717) is 0 Å². The summed E-state index contributed by atoms with van der Waals surface area (Å²) in [4.78, 5) is 22.1. The Morgan fingerprint density at radius 1 is 1.43 bits per heavy atom. The Labute approximate surface area is 119 Å². The molecule has 7 N–H and O–H groups in total. The minimum absolute atomic E-state index is 0.598. The van der Waals surface area contributed by atoms with E-state index in [-0.39, 0.29) is 0 Å². The van der Waals surface area contributed by atoms with Crippen LogP contribution in [0.1, 0.15) is 13.3 Å². The molecule has 1 aliphatic rings. The zero-order valence-electron chi connectivity index (χ0n) is 11.2. The van der Waals surface area contributed by atoms with Crippen LogP contribution >= 0.6 is 0 Å². The summed E-state index contributed by atoms with van der Waals surface area (Å²) in [5, 5.41) is 59.0. The van der Waals surface area contributed by atoms with Crippen molar-refractivity contribution in [3.05, 3.63) is 0 Å². The third kappa shape index (κ3) is 3.87. The van der Waals surface area contributed by atoms with Crippen LogP contribution in [0.3, 0.4) is 0 Å². The van der Waals surface area contributed by atoms with Crippen molar-refractivity contribution in [1.82, 2.24) is 5.32 Å². The zero-order chi connectivity index (χ0) is 16.4. The lowest BCUT2D eigenvalue weighted by Crippen LogP contribution is -2.67. The first-order valence-corrected chi connectivity index (χ1v) is 6.18. The minimum atomic E-state index is -2.78. The molecular formula is C11H19NO9. The number of carboxylic acids is 1. The van der Waals surface area contributed by atoms with E-state index in [4.69, 9.17) is 14.9 Å². The van der Waals surface area contributed by atoms with Gasteiger partial charge in [-0.1, -0.05) is 0 Å². The van der Waals surface area contributed by atoms with E-state index in [1.807, 2.05) is 0 Å². The SMILES string of the molecule is CC(=O)N[C@@H]1[C@@H]([C@@H](O)[C@@H](O)CO)OC(O)(C(=O)O)C[C@H]1O. The molecule has 0 aromatic carbocycles. The molecule has 1 saturated heterocycles. The smallest absolute Gasteiger partial charge is 0.364 e. The van der Waals surface area contributed by atoms with Gasteiger partial charge in [0.25, 0.3) is 5.79 Å². The van der Waals surface area contributed by atoms with Crippen molar-refractivity contribution in [1.29, 1.82) is 0 Å².